The van der Waals surface area contributed by atoms with E-state index in [9.17, 15) is 0 Å². The molecule has 0 atom stereocenters. The first-order valence-corrected chi connectivity index (χ1v) is 18.7. The zero-order valence-electron chi connectivity index (χ0n) is 30.1. The maximum atomic E-state index is 6.94. The van der Waals surface area contributed by atoms with Crippen LogP contribution in [0.3, 0.4) is 0 Å². The molecule has 1 aliphatic rings. The monoisotopic (exact) mass is 704 g/mol. The van der Waals surface area contributed by atoms with Gasteiger partial charge in [-0.15, -0.1) is 0 Å². The highest BCUT2D eigenvalue weighted by Gasteiger charge is 2.24. The summed E-state index contributed by atoms with van der Waals surface area (Å²) in [4.78, 5) is 4.58. The maximum absolute atomic E-state index is 6.94. The van der Waals surface area contributed by atoms with Crippen molar-refractivity contribution in [2.75, 3.05) is 9.80 Å². The standard InChI is InChI=1S/C52H36N2O/c1-5-14-37(15-6-1)38-24-26-39(27-25-38)40-28-30-45(31-29-40)54(44-21-11-4-12-22-44)47-34-41-16-13-23-49-48-33-32-46(35-50(48)55-51(36-47)52(41)49)53(42-17-7-2-8-18-42)43-19-9-3-10-20-43/h1-36H. The summed E-state index contributed by atoms with van der Waals surface area (Å²) in [5.41, 5.74) is 13.4. The van der Waals surface area contributed by atoms with Crippen LogP contribution >= 0.6 is 0 Å². The Hall–Kier alpha value is -7.36. The summed E-state index contributed by atoms with van der Waals surface area (Å²) >= 11 is 0. The third kappa shape index (κ3) is 6.08. The van der Waals surface area contributed by atoms with Crippen LogP contribution in [0.1, 0.15) is 0 Å². The molecule has 260 valence electrons. The van der Waals surface area contributed by atoms with E-state index < -0.39 is 0 Å². The van der Waals surface area contributed by atoms with Crippen molar-refractivity contribution in [3.63, 3.8) is 0 Å². The molecule has 0 saturated carbocycles. The average Bonchev–Trinajstić information content (AvgIpc) is 3.26. The Labute approximate surface area is 321 Å². The lowest BCUT2D eigenvalue weighted by molar-refractivity contribution is 0.487. The normalized spacial score (nSPS) is 11.4. The lowest BCUT2D eigenvalue weighted by atomic mass is 9.93. The first kappa shape index (κ1) is 32.3. The molecular weight excluding hydrogens is 669 g/mol. The van der Waals surface area contributed by atoms with Gasteiger partial charge < -0.3 is 14.5 Å². The lowest BCUT2D eigenvalue weighted by Gasteiger charge is -2.29. The number of hydrogen-bond acceptors (Lipinski definition) is 3. The fraction of sp³-hybridized carbons (Fsp3) is 0. The third-order valence-corrected chi connectivity index (χ3v) is 10.4. The molecule has 0 unspecified atom stereocenters. The molecule has 9 aromatic carbocycles. The molecule has 0 bridgehead atoms. The number of rotatable bonds is 8. The highest BCUT2D eigenvalue weighted by atomic mass is 16.5. The Balaban J connectivity index is 1.04. The van der Waals surface area contributed by atoms with Crippen molar-refractivity contribution in [3.05, 3.63) is 218 Å². The van der Waals surface area contributed by atoms with Crippen molar-refractivity contribution < 1.29 is 4.74 Å². The van der Waals surface area contributed by atoms with Crippen LogP contribution in [0.5, 0.6) is 11.5 Å². The van der Waals surface area contributed by atoms with Crippen molar-refractivity contribution in [2.45, 2.75) is 0 Å². The zero-order valence-corrected chi connectivity index (χ0v) is 30.1. The average molecular weight is 705 g/mol. The van der Waals surface area contributed by atoms with E-state index in [-0.39, 0.29) is 0 Å². The molecular formula is C52H36N2O. The number of para-hydroxylation sites is 3. The predicted molar refractivity (Wildman–Crippen MR) is 230 cm³/mol. The van der Waals surface area contributed by atoms with Gasteiger partial charge in [0.25, 0.3) is 0 Å². The summed E-state index contributed by atoms with van der Waals surface area (Å²) < 4.78 is 6.94. The highest BCUT2D eigenvalue weighted by Crippen LogP contribution is 2.51. The van der Waals surface area contributed by atoms with Gasteiger partial charge in [0.1, 0.15) is 11.5 Å². The maximum Gasteiger partial charge on any atom is 0.138 e. The fourth-order valence-electron chi connectivity index (χ4n) is 7.80. The molecule has 0 amide bonds. The first-order chi connectivity index (χ1) is 27.3. The Morgan fingerprint density at radius 3 is 1.27 bits per heavy atom. The molecule has 0 radical (unpaired) electrons. The van der Waals surface area contributed by atoms with Crippen LogP contribution in [-0.4, -0.2) is 0 Å². The van der Waals surface area contributed by atoms with Crippen LogP contribution in [0, 0.1) is 0 Å². The number of ether oxygens (including phenoxy) is 1. The Morgan fingerprint density at radius 1 is 0.273 bits per heavy atom. The number of fused-ring (bicyclic) bond motifs is 2. The van der Waals surface area contributed by atoms with Gasteiger partial charge in [0, 0.05) is 51.5 Å². The molecule has 0 N–H and O–H groups in total. The van der Waals surface area contributed by atoms with Gasteiger partial charge in [0.05, 0.1) is 5.69 Å². The van der Waals surface area contributed by atoms with Crippen LogP contribution in [0.4, 0.5) is 34.1 Å². The molecule has 3 nitrogen and oxygen atoms in total. The van der Waals surface area contributed by atoms with Gasteiger partial charge in [0.2, 0.25) is 0 Å². The molecule has 3 heteroatoms. The quantitative estimate of drug-likeness (QED) is 0.157. The fourth-order valence-corrected chi connectivity index (χ4v) is 7.80. The summed E-state index contributed by atoms with van der Waals surface area (Å²) in [5, 5.41) is 2.25. The van der Waals surface area contributed by atoms with E-state index in [2.05, 4.69) is 228 Å². The number of benzene rings is 9. The second kappa shape index (κ2) is 13.9. The van der Waals surface area contributed by atoms with Gasteiger partial charge >= 0.3 is 0 Å². The minimum absolute atomic E-state index is 0.834. The van der Waals surface area contributed by atoms with E-state index in [0.717, 1.165) is 62.0 Å². The first-order valence-electron chi connectivity index (χ1n) is 18.7. The SMILES string of the molecule is c1ccc(-c2ccc(-c3ccc(N(c4ccccc4)c4cc5c6c(cccc6c4)-c4ccc(N(c6ccccc6)c6ccccc6)cc4O5)cc3)cc2)cc1. The van der Waals surface area contributed by atoms with E-state index in [1.165, 1.54) is 27.8 Å². The molecule has 0 aliphatic carbocycles. The van der Waals surface area contributed by atoms with Gasteiger partial charge in [0.15, 0.2) is 0 Å². The van der Waals surface area contributed by atoms with Crippen LogP contribution in [0.25, 0.3) is 44.2 Å². The van der Waals surface area contributed by atoms with Crippen molar-refractivity contribution in [1.82, 2.24) is 0 Å². The zero-order chi connectivity index (χ0) is 36.6. The van der Waals surface area contributed by atoms with Crippen LogP contribution < -0.4 is 14.5 Å². The number of nitrogens with zero attached hydrogens (tertiary/aromatic N) is 2. The Bertz CT molecular complexity index is 2710. The summed E-state index contributed by atoms with van der Waals surface area (Å²) in [7, 11) is 0. The highest BCUT2D eigenvalue weighted by molar-refractivity contribution is 6.06. The Kier molecular flexibility index (Phi) is 8.16. The van der Waals surface area contributed by atoms with Crippen molar-refractivity contribution in [3.8, 4) is 44.9 Å². The topological polar surface area (TPSA) is 15.7 Å². The summed E-state index contributed by atoms with van der Waals surface area (Å²) in [6.45, 7) is 0. The van der Waals surface area contributed by atoms with Gasteiger partial charge in [-0.1, -0.05) is 140 Å². The predicted octanol–water partition coefficient (Wildman–Crippen LogP) is 14.9. The van der Waals surface area contributed by atoms with Gasteiger partial charge in [-0.3, -0.25) is 0 Å². The van der Waals surface area contributed by atoms with E-state index >= 15 is 0 Å². The second-order valence-electron chi connectivity index (χ2n) is 13.8. The smallest absolute Gasteiger partial charge is 0.138 e. The third-order valence-electron chi connectivity index (χ3n) is 10.4. The minimum atomic E-state index is 0.834. The molecule has 0 saturated heterocycles. The molecule has 1 aliphatic heterocycles. The van der Waals surface area contributed by atoms with Gasteiger partial charge in [-0.25, -0.2) is 0 Å². The molecule has 0 aromatic heterocycles. The van der Waals surface area contributed by atoms with E-state index in [0.29, 0.717) is 0 Å². The van der Waals surface area contributed by atoms with E-state index in [1.54, 1.807) is 0 Å². The summed E-state index contributed by atoms with van der Waals surface area (Å²) in [6, 6.07) is 77.3. The number of anilines is 6. The molecule has 9 aromatic rings. The molecule has 55 heavy (non-hydrogen) atoms. The van der Waals surface area contributed by atoms with Crippen molar-refractivity contribution in [1.29, 1.82) is 0 Å². The van der Waals surface area contributed by atoms with Crippen LogP contribution in [0.15, 0.2) is 218 Å². The Morgan fingerprint density at radius 2 is 0.709 bits per heavy atom. The molecule has 1 heterocycles. The van der Waals surface area contributed by atoms with Crippen molar-refractivity contribution >= 4 is 44.9 Å². The van der Waals surface area contributed by atoms with Gasteiger partial charge in [-0.05, 0) is 99.9 Å². The van der Waals surface area contributed by atoms with E-state index in [4.69, 9.17) is 4.74 Å². The van der Waals surface area contributed by atoms with Crippen LogP contribution in [-0.2, 0) is 0 Å². The summed E-state index contributed by atoms with van der Waals surface area (Å²) in [6.07, 6.45) is 0. The molecule has 10 rings (SSSR count). The number of hydrogen-bond donors (Lipinski definition) is 0. The largest absolute Gasteiger partial charge is 0.456 e. The lowest BCUT2D eigenvalue weighted by Crippen LogP contribution is -2.11. The minimum Gasteiger partial charge on any atom is -0.456 e. The van der Waals surface area contributed by atoms with Crippen molar-refractivity contribution in [2.24, 2.45) is 0 Å². The summed E-state index contributed by atoms with van der Waals surface area (Å²) in [5.74, 6) is 1.68. The second-order valence-corrected chi connectivity index (χ2v) is 13.8. The van der Waals surface area contributed by atoms with Gasteiger partial charge in [-0.2, -0.15) is 0 Å². The molecule has 0 spiro atoms. The van der Waals surface area contributed by atoms with E-state index in [1.807, 2.05) is 0 Å². The molecule has 0 fully saturated rings. The van der Waals surface area contributed by atoms with Crippen LogP contribution in [0.2, 0.25) is 0 Å².